The first-order valence-electron chi connectivity index (χ1n) is 6.78. The predicted octanol–water partition coefficient (Wildman–Crippen LogP) is 4.10. The molecule has 1 aliphatic rings. The van der Waals surface area contributed by atoms with Crippen LogP contribution in [0.3, 0.4) is 0 Å². The first-order chi connectivity index (χ1) is 8.19. The Morgan fingerprint density at radius 1 is 1.35 bits per heavy atom. The first kappa shape index (κ1) is 13.1. The number of aromatic nitrogens is 2. The summed E-state index contributed by atoms with van der Waals surface area (Å²) in [6.45, 7) is 5.26. The number of rotatable bonds is 4. The number of halogens is 1. The molecule has 0 aliphatic heterocycles. The highest BCUT2D eigenvalue weighted by Crippen LogP contribution is 2.40. The molecule has 0 spiro atoms. The predicted molar refractivity (Wildman–Crippen MR) is 75.7 cm³/mol. The van der Waals surface area contributed by atoms with E-state index in [0.717, 1.165) is 17.6 Å². The topological polar surface area (TPSA) is 17.8 Å². The van der Waals surface area contributed by atoms with Crippen LogP contribution < -0.4 is 0 Å². The van der Waals surface area contributed by atoms with E-state index in [1.54, 1.807) is 0 Å². The Balaban J connectivity index is 2.16. The monoisotopic (exact) mass is 298 g/mol. The first-order valence-corrected chi connectivity index (χ1v) is 7.90. The number of nitrogens with zero attached hydrogens (tertiary/aromatic N) is 2. The van der Waals surface area contributed by atoms with E-state index in [0.29, 0.717) is 5.41 Å². The van der Waals surface area contributed by atoms with Crippen molar-refractivity contribution >= 4 is 15.9 Å². The molecule has 1 heterocycles. The Labute approximate surface area is 113 Å². The van der Waals surface area contributed by atoms with Gasteiger partial charge in [0.25, 0.3) is 0 Å². The maximum atomic E-state index is 4.56. The van der Waals surface area contributed by atoms with Crippen molar-refractivity contribution in [2.24, 2.45) is 5.41 Å². The van der Waals surface area contributed by atoms with Crippen LogP contribution in [0.4, 0.5) is 0 Å². The van der Waals surface area contributed by atoms with E-state index in [2.05, 4.69) is 45.6 Å². The molecule has 0 N–H and O–H groups in total. The fourth-order valence-electron chi connectivity index (χ4n) is 3.06. The summed E-state index contributed by atoms with van der Waals surface area (Å²) in [4.78, 5) is 0. The standard InChI is InChI=1S/C14H23BrN2/c1-3-17-13(9-12(2)16-17)10-14(11-15)7-5-4-6-8-14/h9H,3-8,10-11H2,1-2H3. The molecule has 1 fully saturated rings. The maximum absolute atomic E-state index is 4.56. The van der Waals surface area contributed by atoms with Gasteiger partial charge in [0, 0.05) is 17.6 Å². The van der Waals surface area contributed by atoms with Crippen LogP contribution in [0.25, 0.3) is 0 Å². The summed E-state index contributed by atoms with van der Waals surface area (Å²) in [5, 5.41) is 5.69. The summed E-state index contributed by atoms with van der Waals surface area (Å²) in [7, 11) is 0. The third-order valence-electron chi connectivity index (χ3n) is 4.04. The summed E-state index contributed by atoms with van der Waals surface area (Å²) in [5.41, 5.74) is 3.06. The molecular formula is C14H23BrN2. The fourth-order valence-corrected chi connectivity index (χ4v) is 3.82. The molecule has 0 atom stereocenters. The average Bonchev–Trinajstić information content (AvgIpc) is 2.70. The van der Waals surface area contributed by atoms with Gasteiger partial charge in [-0.3, -0.25) is 4.68 Å². The molecule has 0 amide bonds. The molecule has 0 saturated heterocycles. The van der Waals surface area contributed by atoms with Crippen LogP contribution in [-0.2, 0) is 13.0 Å². The molecule has 1 aromatic heterocycles. The van der Waals surface area contributed by atoms with Gasteiger partial charge in [0.05, 0.1) is 5.69 Å². The molecule has 0 bridgehead atoms. The van der Waals surface area contributed by atoms with Crippen molar-refractivity contribution in [3.05, 3.63) is 17.5 Å². The lowest BCUT2D eigenvalue weighted by Crippen LogP contribution is -2.29. The van der Waals surface area contributed by atoms with E-state index in [1.807, 2.05) is 0 Å². The van der Waals surface area contributed by atoms with Gasteiger partial charge in [-0.25, -0.2) is 0 Å². The molecular weight excluding hydrogens is 276 g/mol. The summed E-state index contributed by atoms with van der Waals surface area (Å²) in [6, 6.07) is 2.27. The lowest BCUT2D eigenvalue weighted by Gasteiger charge is -2.35. The van der Waals surface area contributed by atoms with Crippen LogP contribution in [0.1, 0.15) is 50.4 Å². The minimum atomic E-state index is 0.484. The highest BCUT2D eigenvalue weighted by molar-refractivity contribution is 9.09. The van der Waals surface area contributed by atoms with E-state index in [-0.39, 0.29) is 0 Å². The molecule has 1 saturated carbocycles. The van der Waals surface area contributed by atoms with Crippen LogP contribution in [-0.4, -0.2) is 15.1 Å². The largest absolute Gasteiger partial charge is 0.270 e. The Kier molecular flexibility index (Phi) is 4.29. The van der Waals surface area contributed by atoms with Gasteiger partial charge in [0.2, 0.25) is 0 Å². The molecule has 3 heteroatoms. The molecule has 17 heavy (non-hydrogen) atoms. The smallest absolute Gasteiger partial charge is 0.0596 e. The highest BCUT2D eigenvalue weighted by Gasteiger charge is 2.32. The van der Waals surface area contributed by atoms with E-state index in [9.17, 15) is 0 Å². The zero-order chi connectivity index (χ0) is 12.3. The van der Waals surface area contributed by atoms with E-state index >= 15 is 0 Å². The van der Waals surface area contributed by atoms with E-state index in [4.69, 9.17) is 0 Å². The molecule has 96 valence electrons. The van der Waals surface area contributed by atoms with Crippen molar-refractivity contribution in [2.45, 2.75) is 58.9 Å². The van der Waals surface area contributed by atoms with Crippen molar-refractivity contribution in [3.8, 4) is 0 Å². The summed E-state index contributed by atoms with van der Waals surface area (Å²) >= 11 is 3.75. The zero-order valence-electron chi connectivity index (χ0n) is 11.0. The van der Waals surface area contributed by atoms with Gasteiger partial charge >= 0.3 is 0 Å². The molecule has 0 aromatic carbocycles. The van der Waals surface area contributed by atoms with E-state index < -0.39 is 0 Å². The van der Waals surface area contributed by atoms with Gasteiger partial charge in [-0.15, -0.1) is 0 Å². The second-order valence-electron chi connectivity index (χ2n) is 5.46. The summed E-state index contributed by atoms with van der Waals surface area (Å²) < 4.78 is 2.17. The van der Waals surface area contributed by atoms with Gasteiger partial charge in [-0.2, -0.15) is 5.10 Å². The van der Waals surface area contributed by atoms with Crippen LogP contribution >= 0.6 is 15.9 Å². The lowest BCUT2D eigenvalue weighted by atomic mass is 9.73. The number of hydrogen-bond acceptors (Lipinski definition) is 1. The quantitative estimate of drug-likeness (QED) is 0.765. The Morgan fingerprint density at radius 3 is 2.65 bits per heavy atom. The Bertz CT molecular complexity index is 364. The van der Waals surface area contributed by atoms with E-state index in [1.165, 1.54) is 44.2 Å². The van der Waals surface area contributed by atoms with Crippen LogP contribution in [0.5, 0.6) is 0 Å². The molecule has 1 aliphatic carbocycles. The lowest BCUT2D eigenvalue weighted by molar-refractivity contribution is 0.218. The molecule has 0 unspecified atom stereocenters. The number of hydrogen-bond donors (Lipinski definition) is 0. The van der Waals surface area contributed by atoms with Crippen molar-refractivity contribution in [2.75, 3.05) is 5.33 Å². The normalized spacial score (nSPS) is 19.5. The Morgan fingerprint density at radius 2 is 2.06 bits per heavy atom. The van der Waals surface area contributed by atoms with Crippen molar-refractivity contribution in [1.29, 1.82) is 0 Å². The third kappa shape index (κ3) is 2.93. The third-order valence-corrected chi connectivity index (χ3v) is 5.23. The molecule has 2 nitrogen and oxygen atoms in total. The van der Waals surface area contributed by atoms with Crippen LogP contribution in [0.2, 0.25) is 0 Å². The fraction of sp³-hybridized carbons (Fsp3) is 0.786. The maximum Gasteiger partial charge on any atom is 0.0596 e. The van der Waals surface area contributed by atoms with Gasteiger partial charge in [0.1, 0.15) is 0 Å². The Hall–Kier alpha value is -0.310. The van der Waals surface area contributed by atoms with Crippen LogP contribution in [0, 0.1) is 12.3 Å². The van der Waals surface area contributed by atoms with Gasteiger partial charge < -0.3 is 0 Å². The summed E-state index contributed by atoms with van der Waals surface area (Å²) in [5.74, 6) is 0. The van der Waals surface area contributed by atoms with Gasteiger partial charge in [0.15, 0.2) is 0 Å². The minimum absolute atomic E-state index is 0.484. The molecule has 0 radical (unpaired) electrons. The van der Waals surface area contributed by atoms with Crippen molar-refractivity contribution in [1.82, 2.24) is 9.78 Å². The minimum Gasteiger partial charge on any atom is -0.270 e. The second kappa shape index (κ2) is 5.55. The van der Waals surface area contributed by atoms with Gasteiger partial charge in [-0.1, -0.05) is 35.2 Å². The SMILES string of the molecule is CCn1nc(C)cc1CC1(CBr)CCCCC1. The van der Waals surface area contributed by atoms with Gasteiger partial charge in [-0.05, 0) is 44.6 Å². The van der Waals surface area contributed by atoms with Crippen molar-refractivity contribution in [3.63, 3.8) is 0 Å². The second-order valence-corrected chi connectivity index (χ2v) is 6.02. The highest BCUT2D eigenvalue weighted by atomic mass is 79.9. The molecule has 2 rings (SSSR count). The average molecular weight is 299 g/mol. The van der Waals surface area contributed by atoms with Crippen molar-refractivity contribution < 1.29 is 0 Å². The number of alkyl halides is 1. The number of aryl methyl sites for hydroxylation is 2. The van der Waals surface area contributed by atoms with Crippen LogP contribution in [0.15, 0.2) is 6.07 Å². The molecule has 1 aromatic rings. The summed E-state index contributed by atoms with van der Waals surface area (Å²) in [6.07, 6.45) is 8.13. The zero-order valence-corrected chi connectivity index (χ0v) is 12.6.